The van der Waals surface area contributed by atoms with Gasteiger partial charge in [-0.15, -0.1) is 0 Å². The lowest BCUT2D eigenvalue weighted by atomic mass is 9.62. The smallest absolute Gasteiger partial charge is 0.236 e. The van der Waals surface area contributed by atoms with Crippen LogP contribution in [-0.2, 0) is 15.0 Å². The Morgan fingerprint density at radius 2 is 2.11 bits per heavy atom. The van der Waals surface area contributed by atoms with Gasteiger partial charge in [-0.05, 0) is 38.3 Å². The Balaban J connectivity index is 2.21. The number of fused-ring (bicyclic) bond motifs is 2. The average Bonchev–Trinajstić information content (AvgIpc) is 2.66. The van der Waals surface area contributed by atoms with Gasteiger partial charge in [-0.2, -0.15) is 0 Å². The standard InChI is InChI=1S/C16H17NO2/c1-10-7-8-16(13(9-10)11(2)18)12-5-3-4-6-14(12)17-15(16)19/h3-7,13H,8-9H2,1-2H3,(H,17,19)/t13-,16-/m0/s1. The molecule has 1 N–H and O–H groups in total. The Morgan fingerprint density at radius 3 is 2.84 bits per heavy atom. The molecule has 1 heterocycles. The van der Waals surface area contributed by atoms with Crippen molar-refractivity contribution >= 4 is 17.4 Å². The third-order valence-corrected chi connectivity index (χ3v) is 4.45. The van der Waals surface area contributed by atoms with Gasteiger partial charge in [0, 0.05) is 11.6 Å². The first-order valence-electron chi connectivity index (χ1n) is 6.63. The number of carbonyl (C=O) groups excluding carboxylic acids is 2. The van der Waals surface area contributed by atoms with E-state index in [0.717, 1.165) is 11.3 Å². The summed E-state index contributed by atoms with van der Waals surface area (Å²) in [5.74, 6) is -0.182. The normalized spacial score (nSPS) is 28.8. The van der Waals surface area contributed by atoms with Crippen molar-refractivity contribution in [3.8, 4) is 0 Å². The van der Waals surface area contributed by atoms with Gasteiger partial charge in [-0.3, -0.25) is 9.59 Å². The maximum Gasteiger partial charge on any atom is 0.236 e. The van der Waals surface area contributed by atoms with E-state index in [9.17, 15) is 9.59 Å². The lowest BCUT2D eigenvalue weighted by Crippen LogP contribution is -2.46. The van der Waals surface area contributed by atoms with E-state index in [1.165, 1.54) is 5.57 Å². The minimum atomic E-state index is -0.693. The minimum absolute atomic E-state index is 0.0300. The Labute approximate surface area is 112 Å². The van der Waals surface area contributed by atoms with Crippen molar-refractivity contribution in [1.82, 2.24) is 0 Å². The number of Topliss-reactive ketones (excluding diaryl/α,β-unsaturated/α-hetero) is 1. The molecule has 3 nitrogen and oxygen atoms in total. The van der Waals surface area contributed by atoms with Gasteiger partial charge in [0.05, 0.1) is 5.41 Å². The van der Waals surface area contributed by atoms with Crippen molar-refractivity contribution in [2.75, 3.05) is 5.32 Å². The predicted molar refractivity (Wildman–Crippen MR) is 73.9 cm³/mol. The van der Waals surface area contributed by atoms with Crippen LogP contribution in [-0.4, -0.2) is 11.7 Å². The molecular weight excluding hydrogens is 238 g/mol. The number of carbonyl (C=O) groups is 2. The van der Waals surface area contributed by atoms with E-state index < -0.39 is 5.41 Å². The van der Waals surface area contributed by atoms with Crippen LogP contribution >= 0.6 is 0 Å². The summed E-state index contributed by atoms with van der Waals surface area (Å²) in [6.07, 6.45) is 3.39. The van der Waals surface area contributed by atoms with Crippen molar-refractivity contribution in [1.29, 1.82) is 0 Å². The van der Waals surface area contributed by atoms with E-state index in [0.29, 0.717) is 12.8 Å². The number of amides is 1. The Bertz CT molecular complexity index is 603. The number of rotatable bonds is 1. The maximum absolute atomic E-state index is 12.5. The number of ketones is 1. The summed E-state index contributed by atoms with van der Waals surface area (Å²) in [5, 5.41) is 2.94. The van der Waals surface area contributed by atoms with E-state index in [-0.39, 0.29) is 17.6 Å². The fraction of sp³-hybridized carbons (Fsp3) is 0.375. The first kappa shape index (κ1) is 12.2. The molecule has 1 spiro atoms. The molecule has 3 rings (SSSR count). The van der Waals surface area contributed by atoms with E-state index in [4.69, 9.17) is 0 Å². The highest BCUT2D eigenvalue weighted by atomic mass is 16.2. The van der Waals surface area contributed by atoms with Crippen molar-refractivity contribution in [2.45, 2.75) is 32.1 Å². The maximum atomic E-state index is 12.5. The molecule has 1 aliphatic heterocycles. The summed E-state index contributed by atoms with van der Waals surface area (Å²) >= 11 is 0. The van der Waals surface area contributed by atoms with Crippen LogP contribution < -0.4 is 5.32 Å². The van der Waals surface area contributed by atoms with E-state index in [1.807, 2.05) is 31.2 Å². The predicted octanol–water partition coefficient (Wildman–Crippen LogP) is 2.82. The SMILES string of the molecule is CC(=O)[C@@H]1CC(C)=CC[C@@]12C(=O)Nc1ccccc12. The summed E-state index contributed by atoms with van der Waals surface area (Å²) in [4.78, 5) is 24.6. The third kappa shape index (κ3) is 1.57. The molecule has 0 saturated heterocycles. The number of para-hydroxylation sites is 1. The topological polar surface area (TPSA) is 46.2 Å². The molecule has 0 aromatic heterocycles. The second-order valence-electron chi connectivity index (χ2n) is 5.59. The zero-order chi connectivity index (χ0) is 13.6. The van der Waals surface area contributed by atoms with Gasteiger partial charge in [0.15, 0.2) is 0 Å². The lowest BCUT2D eigenvalue weighted by molar-refractivity contribution is -0.131. The lowest BCUT2D eigenvalue weighted by Gasteiger charge is -2.37. The first-order valence-corrected chi connectivity index (χ1v) is 6.63. The number of anilines is 1. The van der Waals surface area contributed by atoms with Crippen molar-refractivity contribution < 1.29 is 9.59 Å². The molecule has 1 amide bonds. The van der Waals surface area contributed by atoms with Crippen LogP contribution in [0.4, 0.5) is 5.69 Å². The second-order valence-corrected chi connectivity index (χ2v) is 5.59. The van der Waals surface area contributed by atoms with Gasteiger partial charge in [0.1, 0.15) is 5.78 Å². The van der Waals surface area contributed by atoms with Crippen LogP contribution in [0.2, 0.25) is 0 Å². The molecule has 1 aromatic rings. The summed E-state index contributed by atoms with van der Waals surface area (Å²) in [7, 11) is 0. The summed E-state index contributed by atoms with van der Waals surface area (Å²) in [6, 6.07) is 7.72. The number of allylic oxidation sites excluding steroid dienone is 2. The highest BCUT2D eigenvalue weighted by Gasteiger charge is 2.54. The van der Waals surface area contributed by atoms with Gasteiger partial charge < -0.3 is 5.32 Å². The van der Waals surface area contributed by atoms with E-state index in [1.54, 1.807) is 6.92 Å². The monoisotopic (exact) mass is 255 g/mol. The second kappa shape index (κ2) is 4.05. The van der Waals surface area contributed by atoms with Gasteiger partial charge in [0.25, 0.3) is 0 Å². The molecule has 2 atom stereocenters. The summed E-state index contributed by atoms with van der Waals surface area (Å²) in [5.41, 5.74) is 2.33. The van der Waals surface area contributed by atoms with Gasteiger partial charge in [0.2, 0.25) is 5.91 Å². The molecule has 3 heteroatoms. The first-order chi connectivity index (χ1) is 9.05. The summed E-state index contributed by atoms with van der Waals surface area (Å²) < 4.78 is 0. The zero-order valence-electron chi connectivity index (χ0n) is 11.2. The summed E-state index contributed by atoms with van der Waals surface area (Å²) in [6.45, 7) is 3.63. The third-order valence-electron chi connectivity index (χ3n) is 4.45. The molecule has 0 saturated carbocycles. The van der Waals surface area contributed by atoms with Crippen LogP contribution in [0.3, 0.4) is 0 Å². The molecule has 0 bridgehead atoms. The quantitative estimate of drug-likeness (QED) is 0.784. The molecule has 1 aromatic carbocycles. The molecule has 1 aliphatic carbocycles. The fourth-order valence-corrected chi connectivity index (χ4v) is 3.43. The zero-order valence-corrected chi connectivity index (χ0v) is 11.2. The Kier molecular flexibility index (Phi) is 2.59. The van der Waals surface area contributed by atoms with Crippen molar-refractivity contribution in [3.05, 3.63) is 41.5 Å². The molecule has 0 radical (unpaired) electrons. The minimum Gasteiger partial charge on any atom is -0.325 e. The van der Waals surface area contributed by atoms with Crippen molar-refractivity contribution in [2.24, 2.45) is 5.92 Å². The van der Waals surface area contributed by atoms with E-state index >= 15 is 0 Å². The Hall–Kier alpha value is -1.90. The van der Waals surface area contributed by atoms with Crippen LogP contribution in [0.15, 0.2) is 35.9 Å². The van der Waals surface area contributed by atoms with Gasteiger partial charge >= 0.3 is 0 Å². The molecule has 2 aliphatic rings. The molecule has 0 unspecified atom stereocenters. The number of hydrogen-bond donors (Lipinski definition) is 1. The van der Waals surface area contributed by atoms with Crippen LogP contribution in [0, 0.1) is 5.92 Å². The average molecular weight is 255 g/mol. The number of nitrogens with one attached hydrogen (secondary N) is 1. The largest absolute Gasteiger partial charge is 0.325 e. The van der Waals surface area contributed by atoms with Crippen LogP contribution in [0.5, 0.6) is 0 Å². The van der Waals surface area contributed by atoms with E-state index in [2.05, 4.69) is 11.4 Å². The van der Waals surface area contributed by atoms with Gasteiger partial charge in [-0.1, -0.05) is 29.8 Å². The number of benzene rings is 1. The highest BCUT2D eigenvalue weighted by molar-refractivity contribution is 6.09. The fourth-order valence-electron chi connectivity index (χ4n) is 3.43. The molecular formula is C16H17NO2. The highest BCUT2D eigenvalue weighted by Crippen LogP contribution is 2.50. The molecule has 19 heavy (non-hydrogen) atoms. The van der Waals surface area contributed by atoms with Gasteiger partial charge in [-0.25, -0.2) is 0 Å². The molecule has 0 fully saturated rings. The Morgan fingerprint density at radius 1 is 1.37 bits per heavy atom. The van der Waals surface area contributed by atoms with Crippen LogP contribution in [0.1, 0.15) is 32.3 Å². The van der Waals surface area contributed by atoms with Crippen molar-refractivity contribution in [3.63, 3.8) is 0 Å². The van der Waals surface area contributed by atoms with Crippen LogP contribution in [0.25, 0.3) is 0 Å². The molecule has 98 valence electrons. The number of hydrogen-bond acceptors (Lipinski definition) is 2.